The summed E-state index contributed by atoms with van der Waals surface area (Å²) >= 11 is 0. The monoisotopic (exact) mass is 210 g/mol. The van der Waals surface area contributed by atoms with Crippen LogP contribution in [0.1, 0.15) is 12.8 Å². The molecule has 0 spiro atoms. The molecule has 1 aliphatic heterocycles. The van der Waals surface area contributed by atoms with Crippen LogP contribution in [-0.2, 0) is 4.79 Å². The summed E-state index contributed by atoms with van der Waals surface area (Å²) in [5.74, 6) is -0.579. The van der Waals surface area contributed by atoms with E-state index in [0.717, 1.165) is 0 Å². The molecule has 0 bridgehead atoms. The number of halogens is 3. The summed E-state index contributed by atoms with van der Waals surface area (Å²) in [6.07, 6.45) is -7.59. The third-order valence-corrected chi connectivity index (χ3v) is 2.04. The Morgan fingerprint density at radius 1 is 1.50 bits per heavy atom. The second-order valence-electron chi connectivity index (χ2n) is 3.01. The van der Waals surface area contributed by atoms with Crippen molar-refractivity contribution in [3.63, 3.8) is 0 Å². The summed E-state index contributed by atoms with van der Waals surface area (Å²) in [4.78, 5) is 21.2. The Morgan fingerprint density at radius 3 is 2.50 bits per heavy atom. The first-order valence-electron chi connectivity index (χ1n) is 3.88. The number of hydrogen-bond acceptors (Lipinski definition) is 3. The topological polar surface area (TPSA) is 60.4 Å². The van der Waals surface area contributed by atoms with Gasteiger partial charge in [0.05, 0.1) is 0 Å². The number of hydrogen-bond donors (Lipinski definition) is 0. The first kappa shape index (κ1) is 10.8. The minimum atomic E-state index is -4.71. The largest absolute Gasteiger partial charge is 0.530 e. The fraction of sp³-hybridized carbons (Fsp3) is 0.714. The smallest absolute Gasteiger partial charge is 0.409 e. The quantitative estimate of drug-likeness (QED) is 0.562. The number of amides is 1. The molecular weight excluding hydrogens is 203 g/mol. The lowest BCUT2D eigenvalue weighted by molar-refractivity contribution is -0.280. The summed E-state index contributed by atoms with van der Waals surface area (Å²) in [6.45, 7) is -0.439. The van der Waals surface area contributed by atoms with E-state index in [1.54, 1.807) is 0 Å². The zero-order chi connectivity index (χ0) is 10.9. The van der Waals surface area contributed by atoms with Crippen molar-refractivity contribution in [3.05, 3.63) is 0 Å². The molecule has 0 aromatic carbocycles. The molecule has 0 N–H and O–H groups in total. The van der Waals surface area contributed by atoms with Crippen molar-refractivity contribution in [2.45, 2.75) is 25.1 Å². The molecule has 1 rings (SSSR count). The Balaban J connectivity index is 2.84. The predicted molar refractivity (Wildman–Crippen MR) is 36.2 cm³/mol. The molecular formula is C7H7F3NO3-. The highest BCUT2D eigenvalue weighted by molar-refractivity contribution is 5.81. The van der Waals surface area contributed by atoms with Gasteiger partial charge < -0.3 is 14.8 Å². The number of ketones is 1. The number of nitrogens with zero attached hydrogens (tertiary/aromatic N) is 1. The van der Waals surface area contributed by atoms with E-state index in [-0.39, 0.29) is 11.3 Å². The molecule has 1 aliphatic rings. The molecule has 1 unspecified atom stereocenters. The van der Waals surface area contributed by atoms with E-state index in [1.807, 2.05) is 0 Å². The first-order valence-corrected chi connectivity index (χ1v) is 3.88. The van der Waals surface area contributed by atoms with Gasteiger partial charge in [-0.25, -0.2) is 0 Å². The molecule has 80 valence electrons. The molecule has 1 atom stereocenters. The third kappa shape index (κ3) is 2.15. The molecule has 1 heterocycles. The van der Waals surface area contributed by atoms with E-state index in [0.29, 0.717) is 0 Å². The van der Waals surface area contributed by atoms with Crippen LogP contribution >= 0.6 is 0 Å². The van der Waals surface area contributed by atoms with Crippen LogP contribution in [0.5, 0.6) is 0 Å². The van der Waals surface area contributed by atoms with Gasteiger partial charge in [-0.2, -0.15) is 13.2 Å². The van der Waals surface area contributed by atoms with Crippen LogP contribution in [0.25, 0.3) is 0 Å². The predicted octanol–water partition coefficient (Wildman–Crippen LogP) is -0.0745. The SMILES string of the molecule is O=C1CCN(C(=O)[O-])C(C(F)(F)F)C1. The zero-order valence-corrected chi connectivity index (χ0v) is 7.00. The van der Waals surface area contributed by atoms with Crippen molar-refractivity contribution in [1.29, 1.82) is 0 Å². The Labute approximate surface area is 77.3 Å². The molecule has 1 saturated heterocycles. The summed E-state index contributed by atoms with van der Waals surface area (Å²) in [5.41, 5.74) is 0. The van der Waals surface area contributed by atoms with Crippen LogP contribution < -0.4 is 5.11 Å². The number of carbonyl (C=O) groups excluding carboxylic acids is 2. The van der Waals surface area contributed by atoms with Gasteiger partial charge in [-0.15, -0.1) is 0 Å². The maximum absolute atomic E-state index is 12.2. The summed E-state index contributed by atoms with van der Waals surface area (Å²) in [7, 11) is 0. The van der Waals surface area contributed by atoms with Crippen LogP contribution in [0.2, 0.25) is 0 Å². The van der Waals surface area contributed by atoms with Crippen LogP contribution in [-0.4, -0.2) is 35.5 Å². The highest BCUT2D eigenvalue weighted by Crippen LogP contribution is 2.30. The van der Waals surface area contributed by atoms with Crippen molar-refractivity contribution in [3.8, 4) is 0 Å². The van der Waals surface area contributed by atoms with Crippen molar-refractivity contribution >= 4 is 11.9 Å². The van der Waals surface area contributed by atoms with Gasteiger partial charge >= 0.3 is 6.18 Å². The van der Waals surface area contributed by atoms with Crippen molar-refractivity contribution in [2.24, 2.45) is 0 Å². The van der Waals surface area contributed by atoms with Gasteiger partial charge in [0, 0.05) is 19.4 Å². The van der Waals surface area contributed by atoms with Gasteiger partial charge in [-0.3, -0.25) is 4.79 Å². The molecule has 4 nitrogen and oxygen atoms in total. The molecule has 14 heavy (non-hydrogen) atoms. The van der Waals surface area contributed by atoms with E-state index in [4.69, 9.17) is 0 Å². The van der Waals surface area contributed by atoms with Gasteiger partial charge in [0.2, 0.25) is 0 Å². The Bertz CT molecular complexity index is 263. The Kier molecular flexibility index (Phi) is 2.68. The normalized spacial score (nSPS) is 23.8. The molecule has 0 radical (unpaired) electrons. The van der Waals surface area contributed by atoms with Crippen LogP contribution in [0, 0.1) is 0 Å². The van der Waals surface area contributed by atoms with E-state index in [9.17, 15) is 27.9 Å². The summed E-state index contributed by atoms with van der Waals surface area (Å²) in [6, 6.07) is -2.24. The summed E-state index contributed by atoms with van der Waals surface area (Å²) in [5, 5.41) is 10.3. The van der Waals surface area contributed by atoms with E-state index in [1.165, 1.54) is 0 Å². The third-order valence-electron chi connectivity index (χ3n) is 2.04. The molecule has 0 aliphatic carbocycles. The molecule has 1 amide bonds. The lowest BCUT2D eigenvalue weighted by atomic mass is 10.0. The molecule has 0 aromatic rings. The van der Waals surface area contributed by atoms with Gasteiger partial charge in [0.15, 0.2) is 0 Å². The Hall–Kier alpha value is -1.27. The van der Waals surface area contributed by atoms with Crippen LogP contribution in [0.15, 0.2) is 0 Å². The molecule has 0 aromatic heterocycles. The van der Waals surface area contributed by atoms with E-state index < -0.39 is 37.1 Å². The highest BCUT2D eigenvalue weighted by atomic mass is 19.4. The lowest BCUT2D eigenvalue weighted by Crippen LogP contribution is -2.57. The summed E-state index contributed by atoms with van der Waals surface area (Å²) < 4.78 is 36.7. The highest BCUT2D eigenvalue weighted by Gasteiger charge is 2.46. The van der Waals surface area contributed by atoms with E-state index >= 15 is 0 Å². The fourth-order valence-electron chi connectivity index (χ4n) is 1.34. The van der Waals surface area contributed by atoms with Crippen LogP contribution in [0.4, 0.5) is 18.0 Å². The number of carboxylic acid groups (broad SMARTS) is 1. The van der Waals surface area contributed by atoms with Crippen molar-refractivity contribution in [2.75, 3.05) is 6.54 Å². The second kappa shape index (κ2) is 3.47. The second-order valence-corrected chi connectivity index (χ2v) is 3.01. The first-order chi connectivity index (χ1) is 6.32. The minimum Gasteiger partial charge on any atom is -0.530 e. The zero-order valence-electron chi connectivity index (χ0n) is 7.00. The minimum absolute atomic E-state index is 0.154. The fourth-order valence-corrected chi connectivity index (χ4v) is 1.34. The van der Waals surface area contributed by atoms with Gasteiger partial charge in [0.1, 0.15) is 17.9 Å². The number of rotatable bonds is 0. The van der Waals surface area contributed by atoms with Crippen molar-refractivity contribution in [1.82, 2.24) is 4.90 Å². The van der Waals surface area contributed by atoms with Gasteiger partial charge in [-0.05, 0) is 0 Å². The maximum atomic E-state index is 12.2. The number of piperidine rings is 1. The van der Waals surface area contributed by atoms with Crippen LogP contribution in [0.3, 0.4) is 0 Å². The average molecular weight is 210 g/mol. The molecule has 7 heteroatoms. The lowest BCUT2D eigenvalue weighted by Gasteiger charge is -2.37. The maximum Gasteiger partial charge on any atom is 0.409 e. The Morgan fingerprint density at radius 2 is 2.07 bits per heavy atom. The number of likely N-dealkylation sites (tertiary alicyclic amines) is 1. The van der Waals surface area contributed by atoms with Gasteiger partial charge in [0.25, 0.3) is 0 Å². The standard InChI is InChI=1S/C7H8F3NO3/c8-7(9,10)5-3-4(12)1-2-11(5)6(13)14/h5H,1-3H2,(H,13,14)/p-1. The molecule has 0 saturated carbocycles. The number of Topliss-reactive ketones (excluding diaryl/α,β-unsaturated/α-hetero) is 1. The number of carbonyl (C=O) groups is 2. The van der Waals surface area contributed by atoms with E-state index in [2.05, 4.69) is 0 Å². The van der Waals surface area contributed by atoms with Gasteiger partial charge in [-0.1, -0.05) is 0 Å². The van der Waals surface area contributed by atoms with Crippen molar-refractivity contribution < 1.29 is 27.9 Å². The number of alkyl halides is 3. The average Bonchev–Trinajstić information content (AvgIpc) is 2.01. The molecule has 1 fully saturated rings.